The van der Waals surface area contributed by atoms with E-state index in [1.807, 2.05) is 6.92 Å². The third-order valence-electron chi connectivity index (χ3n) is 1.93. The summed E-state index contributed by atoms with van der Waals surface area (Å²) >= 11 is 0. The summed E-state index contributed by atoms with van der Waals surface area (Å²) in [5.74, 6) is 6.46. The van der Waals surface area contributed by atoms with Crippen molar-refractivity contribution in [2.24, 2.45) is 0 Å². The van der Waals surface area contributed by atoms with Crippen LogP contribution < -0.4 is 0 Å². The van der Waals surface area contributed by atoms with Crippen molar-refractivity contribution in [1.82, 2.24) is 0 Å². The van der Waals surface area contributed by atoms with Crippen molar-refractivity contribution in [2.75, 3.05) is 0 Å². The summed E-state index contributed by atoms with van der Waals surface area (Å²) < 4.78 is 5.21. The molecule has 0 saturated heterocycles. The highest BCUT2D eigenvalue weighted by Gasteiger charge is 2.12. The summed E-state index contributed by atoms with van der Waals surface area (Å²) in [4.78, 5) is 0. The van der Waals surface area contributed by atoms with Crippen LogP contribution in [0.1, 0.15) is 37.7 Å². The van der Waals surface area contributed by atoms with E-state index in [1.165, 1.54) is 0 Å². The molecule has 0 amide bonds. The first-order valence-corrected chi connectivity index (χ1v) is 4.43. The first kappa shape index (κ1) is 9.88. The minimum atomic E-state index is -0.513. The molecule has 1 atom stereocenters. The van der Waals surface area contributed by atoms with Crippen molar-refractivity contribution < 1.29 is 9.52 Å². The van der Waals surface area contributed by atoms with Gasteiger partial charge in [-0.25, -0.2) is 0 Å². The molecule has 1 unspecified atom stereocenters. The van der Waals surface area contributed by atoms with Gasteiger partial charge in [-0.1, -0.05) is 6.92 Å². The maximum atomic E-state index is 9.69. The standard InChI is InChI=1S/C11H14O2/c1-3-5-6-10(12)9-7-8-13-11(9)4-2/h7-8,10,12H,4,6H2,1-2H3. The van der Waals surface area contributed by atoms with Gasteiger partial charge in [0, 0.05) is 18.4 Å². The van der Waals surface area contributed by atoms with Crippen LogP contribution in [0.25, 0.3) is 0 Å². The Bertz CT molecular complexity index is 314. The van der Waals surface area contributed by atoms with E-state index in [-0.39, 0.29) is 0 Å². The summed E-state index contributed by atoms with van der Waals surface area (Å²) in [6.07, 6.45) is 2.37. The van der Waals surface area contributed by atoms with Crippen LogP contribution in [0.5, 0.6) is 0 Å². The summed E-state index contributed by atoms with van der Waals surface area (Å²) in [7, 11) is 0. The monoisotopic (exact) mass is 178 g/mol. The van der Waals surface area contributed by atoms with E-state index < -0.39 is 6.10 Å². The number of aryl methyl sites for hydroxylation is 1. The lowest BCUT2D eigenvalue weighted by atomic mass is 10.1. The topological polar surface area (TPSA) is 33.4 Å². The van der Waals surface area contributed by atoms with Crippen molar-refractivity contribution in [3.63, 3.8) is 0 Å². The van der Waals surface area contributed by atoms with Crippen LogP contribution in [0.4, 0.5) is 0 Å². The van der Waals surface area contributed by atoms with Crippen molar-refractivity contribution in [2.45, 2.75) is 32.8 Å². The molecule has 0 saturated carbocycles. The van der Waals surface area contributed by atoms with Crippen LogP contribution in [-0.2, 0) is 6.42 Å². The molecular formula is C11H14O2. The lowest BCUT2D eigenvalue weighted by Gasteiger charge is -2.05. The Morgan fingerprint density at radius 3 is 3.00 bits per heavy atom. The van der Waals surface area contributed by atoms with E-state index in [1.54, 1.807) is 19.3 Å². The second-order valence-electron chi connectivity index (χ2n) is 2.80. The largest absolute Gasteiger partial charge is 0.469 e. The predicted molar refractivity (Wildman–Crippen MR) is 51.1 cm³/mol. The molecule has 0 aliphatic carbocycles. The molecule has 0 aliphatic rings. The Kier molecular flexibility index (Phi) is 3.60. The second-order valence-corrected chi connectivity index (χ2v) is 2.80. The summed E-state index contributed by atoms with van der Waals surface area (Å²) in [5, 5.41) is 9.69. The van der Waals surface area contributed by atoms with Gasteiger partial charge in [0.15, 0.2) is 0 Å². The Hall–Kier alpha value is -1.20. The van der Waals surface area contributed by atoms with E-state index in [4.69, 9.17) is 4.42 Å². The molecule has 0 radical (unpaired) electrons. The van der Waals surface area contributed by atoms with Gasteiger partial charge in [-0.15, -0.1) is 11.8 Å². The first-order valence-electron chi connectivity index (χ1n) is 4.43. The Morgan fingerprint density at radius 2 is 2.38 bits per heavy atom. The minimum Gasteiger partial charge on any atom is -0.469 e. The Morgan fingerprint density at radius 1 is 1.62 bits per heavy atom. The van der Waals surface area contributed by atoms with Crippen molar-refractivity contribution in [3.05, 3.63) is 23.7 Å². The number of rotatable bonds is 3. The molecule has 2 nitrogen and oxygen atoms in total. The van der Waals surface area contributed by atoms with E-state index in [0.29, 0.717) is 6.42 Å². The zero-order valence-corrected chi connectivity index (χ0v) is 8.00. The van der Waals surface area contributed by atoms with Gasteiger partial charge < -0.3 is 9.52 Å². The van der Waals surface area contributed by atoms with Crippen LogP contribution in [0.15, 0.2) is 16.7 Å². The lowest BCUT2D eigenvalue weighted by molar-refractivity contribution is 0.181. The molecule has 1 aromatic heterocycles. The molecule has 0 bridgehead atoms. The van der Waals surface area contributed by atoms with Crippen LogP contribution >= 0.6 is 0 Å². The molecule has 1 rings (SSSR count). The predicted octanol–water partition coefficient (Wildman–Crippen LogP) is 2.29. The quantitative estimate of drug-likeness (QED) is 0.720. The zero-order valence-electron chi connectivity index (χ0n) is 8.00. The van der Waals surface area contributed by atoms with Gasteiger partial charge >= 0.3 is 0 Å². The summed E-state index contributed by atoms with van der Waals surface area (Å²) in [6.45, 7) is 3.77. The average Bonchev–Trinajstić information content (AvgIpc) is 2.61. The minimum absolute atomic E-state index is 0.475. The van der Waals surface area contributed by atoms with Gasteiger partial charge in [-0.2, -0.15) is 0 Å². The smallest absolute Gasteiger partial charge is 0.109 e. The van der Waals surface area contributed by atoms with E-state index in [2.05, 4.69) is 11.8 Å². The number of furan rings is 1. The highest BCUT2D eigenvalue weighted by Crippen LogP contribution is 2.21. The van der Waals surface area contributed by atoms with Gasteiger partial charge in [-0.05, 0) is 13.0 Å². The highest BCUT2D eigenvalue weighted by molar-refractivity contribution is 5.21. The normalized spacial score (nSPS) is 11.9. The van der Waals surface area contributed by atoms with E-state index in [9.17, 15) is 5.11 Å². The highest BCUT2D eigenvalue weighted by atomic mass is 16.3. The Balaban J connectivity index is 2.73. The first-order chi connectivity index (χ1) is 6.29. The molecule has 1 heterocycles. The second kappa shape index (κ2) is 4.74. The van der Waals surface area contributed by atoms with Gasteiger partial charge in [0.2, 0.25) is 0 Å². The molecule has 2 heteroatoms. The van der Waals surface area contributed by atoms with Crippen LogP contribution in [-0.4, -0.2) is 5.11 Å². The molecule has 1 aromatic rings. The summed E-state index contributed by atoms with van der Waals surface area (Å²) in [5.41, 5.74) is 0.866. The number of hydrogen-bond acceptors (Lipinski definition) is 2. The fourth-order valence-electron chi connectivity index (χ4n) is 1.24. The van der Waals surface area contributed by atoms with Crippen LogP contribution in [0.2, 0.25) is 0 Å². The zero-order chi connectivity index (χ0) is 9.68. The number of aliphatic hydroxyl groups is 1. The fourth-order valence-corrected chi connectivity index (χ4v) is 1.24. The molecule has 0 aromatic carbocycles. The number of hydrogen-bond donors (Lipinski definition) is 1. The van der Waals surface area contributed by atoms with Crippen LogP contribution in [0, 0.1) is 11.8 Å². The third kappa shape index (κ3) is 2.37. The fraction of sp³-hybridized carbons (Fsp3) is 0.455. The molecule has 0 aliphatic heterocycles. The van der Waals surface area contributed by atoms with Gasteiger partial charge in [0.25, 0.3) is 0 Å². The van der Waals surface area contributed by atoms with Crippen molar-refractivity contribution in [1.29, 1.82) is 0 Å². The molecule has 0 fully saturated rings. The van der Waals surface area contributed by atoms with Crippen molar-refractivity contribution >= 4 is 0 Å². The maximum Gasteiger partial charge on any atom is 0.109 e. The maximum absolute atomic E-state index is 9.69. The summed E-state index contributed by atoms with van der Waals surface area (Å²) in [6, 6.07) is 1.81. The molecule has 1 N–H and O–H groups in total. The number of aliphatic hydroxyl groups excluding tert-OH is 1. The lowest BCUT2D eigenvalue weighted by Crippen LogP contribution is -1.97. The molecule has 13 heavy (non-hydrogen) atoms. The Labute approximate surface area is 78.6 Å². The van der Waals surface area contributed by atoms with E-state index >= 15 is 0 Å². The van der Waals surface area contributed by atoms with Gasteiger partial charge in [0.05, 0.1) is 12.4 Å². The molecule has 0 spiro atoms. The van der Waals surface area contributed by atoms with Crippen LogP contribution in [0.3, 0.4) is 0 Å². The SMILES string of the molecule is CC#CCC(O)c1ccoc1CC. The van der Waals surface area contributed by atoms with Crippen molar-refractivity contribution in [3.8, 4) is 11.8 Å². The third-order valence-corrected chi connectivity index (χ3v) is 1.93. The van der Waals surface area contributed by atoms with Gasteiger partial charge in [-0.3, -0.25) is 0 Å². The molecule has 70 valence electrons. The van der Waals surface area contributed by atoms with Gasteiger partial charge in [0.1, 0.15) is 5.76 Å². The van der Waals surface area contributed by atoms with E-state index in [0.717, 1.165) is 17.7 Å². The molecular weight excluding hydrogens is 164 g/mol. The average molecular weight is 178 g/mol.